The second kappa shape index (κ2) is 12.4. The van der Waals surface area contributed by atoms with Crippen molar-refractivity contribution in [2.24, 2.45) is 5.41 Å². The molecule has 3 aromatic rings. The van der Waals surface area contributed by atoms with Crippen molar-refractivity contribution in [3.8, 4) is 16.9 Å². The van der Waals surface area contributed by atoms with Crippen LogP contribution in [0.2, 0.25) is 10.0 Å². The van der Waals surface area contributed by atoms with Gasteiger partial charge in [0, 0.05) is 51.3 Å². The third-order valence-electron chi connectivity index (χ3n) is 5.97. The van der Waals surface area contributed by atoms with E-state index in [0.717, 1.165) is 5.69 Å². The molecule has 3 aromatic carbocycles. The Balaban J connectivity index is 1.65. The largest absolute Gasteiger partial charge is 0.491 e. The van der Waals surface area contributed by atoms with Gasteiger partial charge in [-0.1, -0.05) is 50.0 Å². The van der Waals surface area contributed by atoms with E-state index in [-0.39, 0.29) is 36.7 Å². The van der Waals surface area contributed by atoms with E-state index in [0.29, 0.717) is 38.9 Å². The number of ether oxygens (including phenoxy) is 1. The molecule has 0 radical (unpaired) electrons. The number of carboxylic acid groups (broad SMARTS) is 1. The summed E-state index contributed by atoms with van der Waals surface area (Å²) in [5.74, 6) is -1.06. The van der Waals surface area contributed by atoms with Crippen molar-refractivity contribution >= 4 is 40.6 Å². The first-order chi connectivity index (χ1) is 17.4. The summed E-state index contributed by atoms with van der Waals surface area (Å²) in [7, 11) is 0. The Bertz CT molecular complexity index is 1260. The number of nitrogens with one attached hydrogen (secondary N) is 1. The molecule has 0 unspecified atom stereocenters. The highest BCUT2D eigenvalue weighted by Crippen LogP contribution is 2.34. The van der Waals surface area contributed by atoms with Gasteiger partial charge in [-0.15, -0.1) is 0 Å². The number of benzene rings is 3. The quantitative estimate of drug-likeness (QED) is 0.238. The van der Waals surface area contributed by atoms with Gasteiger partial charge < -0.3 is 15.2 Å². The van der Waals surface area contributed by atoms with Crippen molar-refractivity contribution in [3.05, 3.63) is 82.1 Å². The fourth-order valence-corrected chi connectivity index (χ4v) is 4.21. The lowest BCUT2D eigenvalue weighted by Crippen LogP contribution is -2.39. The molecular formula is C29H30Cl2FNO4. The van der Waals surface area contributed by atoms with Gasteiger partial charge in [-0.05, 0) is 60.4 Å². The maximum Gasteiger partial charge on any atom is 0.303 e. The molecule has 37 heavy (non-hydrogen) atoms. The number of rotatable bonds is 11. The van der Waals surface area contributed by atoms with Crippen LogP contribution in [0, 0.1) is 11.2 Å². The average molecular weight is 546 g/mol. The zero-order valence-electron chi connectivity index (χ0n) is 21.0. The van der Waals surface area contributed by atoms with Crippen LogP contribution in [0.25, 0.3) is 11.1 Å². The number of Topliss-reactive ketones (excluding diaryl/α,β-unsaturated/α-hetero) is 1. The highest BCUT2D eigenvalue weighted by atomic mass is 35.5. The average Bonchev–Trinajstić information content (AvgIpc) is 2.81. The number of hydrogen-bond acceptors (Lipinski definition) is 4. The van der Waals surface area contributed by atoms with Crippen molar-refractivity contribution < 1.29 is 23.8 Å². The molecule has 0 saturated carbocycles. The monoisotopic (exact) mass is 545 g/mol. The first-order valence-electron chi connectivity index (χ1n) is 11.9. The van der Waals surface area contributed by atoms with Crippen LogP contribution in [0.3, 0.4) is 0 Å². The summed E-state index contributed by atoms with van der Waals surface area (Å²) in [6.07, 6.45) is 0.475. The summed E-state index contributed by atoms with van der Waals surface area (Å²) >= 11 is 12.2. The van der Waals surface area contributed by atoms with Crippen molar-refractivity contribution in [2.45, 2.75) is 46.1 Å². The Labute approximate surface area is 226 Å². The van der Waals surface area contributed by atoms with Crippen molar-refractivity contribution in [3.63, 3.8) is 0 Å². The van der Waals surface area contributed by atoms with Crippen LogP contribution in [0.5, 0.6) is 5.75 Å². The molecule has 0 spiro atoms. The molecule has 0 aliphatic rings. The van der Waals surface area contributed by atoms with E-state index in [9.17, 15) is 14.0 Å². The molecule has 0 heterocycles. The van der Waals surface area contributed by atoms with E-state index in [4.69, 9.17) is 33.0 Å². The molecule has 0 fully saturated rings. The molecular weight excluding hydrogens is 516 g/mol. The molecule has 0 bridgehead atoms. The number of aliphatic carboxylic acids is 1. The Morgan fingerprint density at radius 2 is 1.65 bits per heavy atom. The molecule has 2 N–H and O–H groups in total. The smallest absolute Gasteiger partial charge is 0.303 e. The molecule has 0 saturated heterocycles. The number of halogens is 3. The summed E-state index contributed by atoms with van der Waals surface area (Å²) in [6.45, 7) is 6.49. The summed E-state index contributed by atoms with van der Waals surface area (Å²) in [5, 5.41) is 13.0. The maximum atomic E-state index is 14.9. The lowest BCUT2D eigenvalue weighted by molar-refractivity contribution is -0.137. The predicted octanol–water partition coefficient (Wildman–Crippen LogP) is 8.14. The number of carboxylic acids is 1. The first-order valence-corrected chi connectivity index (χ1v) is 12.7. The van der Waals surface area contributed by atoms with Crippen LogP contribution in [0.1, 0.15) is 50.4 Å². The molecule has 3 rings (SSSR count). The van der Waals surface area contributed by atoms with Crippen molar-refractivity contribution in [1.82, 2.24) is 0 Å². The van der Waals surface area contributed by atoms with Crippen LogP contribution in [0.15, 0.2) is 60.7 Å². The normalized spacial score (nSPS) is 12.2. The summed E-state index contributed by atoms with van der Waals surface area (Å²) < 4.78 is 20.9. The molecule has 0 aliphatic carbocycles. The van der Waals surface area contributed by atoms with Crippen LogP contribution >= 0.6 is 23.2 Å². The van der Waals surface area contributed by atoms with E-state index < -0.39 is 11.8 Å². The zero-order chi connectivity index (χ0) is 27.2. The fraction of sp³-hybridized carbons (Fsp3) is 0.310. The summed E-state index contributed by atoms with van der Waals surface area (Å²) in [6, 6.07) is 16.5. The minimum Gasteiger partial charge on any atom is -0.491 e. The maximum absolute atomic E-state index is 14.9. The van der Waals surface area contributed by atoms with Crippen LogP contribution in [-0.4, -0.2) is 29.5 Å². The fourth-order valence-electron chi connectivity index (χ4n) is 3.70. The highest BCUT2D eigenvalue weighted by Gasteiger charge is 2.26. The topological polar surface area (TPSA) is 75.6 Å². The first kappa shape index (κ1) is 28.5. The van der Waals surface area contributed by atoms with Gasteiger partial charge in [-0.3, -0.25) is 9.59 Å². The Morgan fingerprint density at radius 1 is 0.973 bits per heavy atom. The van der Waals surface area contributed by atoms with E-state index in [2.05, 4.69) is 26.1 Å². The number of anilines is 1. The Morgan fingerprint density at radius 3 is 2.24 bits per heavy atom. The minimum atomic E-state index is -0.910. The molecule has 5 nitrogen and oxygen atoms in total. The lowest BCUT2D eigenvalue weighted by atomic mass is 9.87. The Hall–Kier alpha value is -3.09. The van der Waals surface area contributed by atoms with Gasteiger partial charge >= 0.3 is 5.97 Å². The third-order valence-corrected chi connectivity index (χ3v) is 6.51. The number of carbonyl (C=O) groups is 2. The van der Waals surface area contributed by atoms with Gasteiger partial charge in [0.25, 0.3) is 0 Å². The second-order valence-corrected chi connectivity index (χ2v) is 10.7. The van der Waals surface area contributed by atoms with Crippen LogP contribution in [0.4, 0.5) is 10.1 Å². The standard InChI is InChI=1S/C29H30Cl2FNO4/c1-29(2,3)27(33-20-10-7-18(8-11-20)26(34)5-4-6-28(35)36)17-37-21-12-14-23(25(32)16-21)22-13-9-19(30)15-24(22)31/h7-16,27,33H,4-6,17H2,1-3H3,(H,35,36)/t27-/m1/s1. The van der Waals surface area contributed by atoms with Gasteiger partial charge in [0.2, 0.25) is 0 Å². The number of carbonyl (C=O) groups excluding carboxylic acids is 1. The van der Waals surface area contributed by atoms with Crippen molar-refractivity contribution in [1.29, 1.82) is 0 Å². The number of ketones is 1. The summed E-state index contributed by atoms with van der Waals surface area (Å²) in [4.78, 5) is 22.9. The molecule has 0 aromatic heterocycles. The van der Waals surface area contributed by atoms with E-state index in [1.165, 1.54) is 6.07 Å². The molecule has 0 amide bonds. The predicted molar refractivity (Wildman–Crippen MR) is 146 cm³/mol. The summed E-state index contributed by atoms with van der Waals surface area (Å²) in [5.41, 5.74) is 2.06. The molecule has 196 valence electrons. The number of hydrogen-bond donors (Lipinski definition) is 2. The van der Waals surface area contributed by atoms with Crippen LogP contribution in [-0.2, 0) is 4.79 Å². The molecule has 8 heteroatoms. The van der Waals surface area contributed by atoms with Gasteiger partial charge in [-0.2, -0.15) is 0 Å². The van der Waals surface area contributed by atoms with Crippen LogP contribution < -0.4 is 10.1 Å². The van der Waals surface area contributed by atoms with Gasteiger partial charge in [0.15, 0.2) is 5.78 Å². The van der Waals surface area contributed by atoms with Gasteiger partial charge in [-0.25, -0.2) is 4.39 Å². The SMILES string of the molecule is CC(C)(C)[C@@H](COc1ccc(-c2ccc(Cl)cc2Cl)c(F)c1)Nc1ccc(C(=O)CCCC(=O)O)cc1. The van der Waals surface area contributed by atoms with E-state index in [1.807, 2.05) is 12.1 Å². The Kier molecular flexibility index (Phi) is 9.57. The van der Waals surface area contributed by atoms with Gasteiger partial charge in [0.05, 0.1) is 6.04 Å². The lowest BCUT2D eigenvalue weighted by Gasteiger charge is -2.32. The van der Waals surface area contributed by atoms with Gasteiger partial charge in [0.1, 0.15) is 18.2 Å². The van der Waals surface area contributed by atoms with E-state index in [1.54, 1.807) is 42.5 Å². The third kappa shape index (κ3) is 8.20. The van der Waals surface area contributed by atoms with Crippen molar-refractivity contribution in [2.75, 3.05) is 11.9 Å². The second-order valence-electron chi connectivity index (χ2n) is 9.89. The highest BCUT2D eigenvalue weighted by molar-refractivity contribution is 6.36. The zero-order valence-corrected chi connectivity index (χ0v) is 22.5. The van der Waals surface area contributed by atoms with E-state index >= 15 is 0 Å². The molecule has 1 atom stereocenters. The molecule has 0 aliphatic heterocycles. The minimum absolute atomic E-state index is 0.0276.